The Hall–Kier alpha value is -2.73. The second kappa shape index (κ2) is 7.51. The van der Waals surface area contributed by atoms with Crippen LogP contribution in [0.1, 0.15) is 22.8 Å². The van der Waals surface area contributed by atoms with Crippen LogP contribution in [0.5, 0.6) is 0 Å². The summed E-state index contributed by atoms with van der Waals surface area (Å²) in [6.07, 6.45) is 1.44. The van der Waals surface area contributed by atoms with E-state index in [-0.39, 0.29) is 5.69 Å². The van der Waals surface area contributed by atoms with Gasteiger partial charge in [0.05, 0.1) is 22.8 Å². The highest BCUT2D eigenvalue weighted by atomic mass is 35.5. The Balaban J connectivity index is 2.19. The summed E-state index contributed by atoms with van der Waals surface area (Å²) < 4.78 is 4.89. The molecule has 0 saturated carbocycles. The molecule has 0 amide bonds. The number of non-ortho nitro benzene ring substituents is 1. The van der Waals surface area contributed by atoms with E-state index in [4.69, 9.17) is 16.3 Å². The largest absolute Gasteiger partial charge is 0.462 e. The molecule has 118 valence electrons. The zero-order valence-electron chi connectivity index (χ0n) is 12.2. The number of ether oxygens (including phenoxy) is 1. The van der Waals surface area contributed by atoms with Crippen LogP contribution in [0.25, 0.3) is 0 Å². The molecule has 6 nitrogen and oxygen atoms in total. The molecule has 0 aliphatic rings. The van der Waals surface area contributed by atoms with E-state index < -0.39 is 10.9 Å². The minimum absolute atomic E-state index is 0.0616. The van der Waals surface area contributed by atoms with Crippen LogP contribution in [0.4, 0.5) is 11.4 Å². The van der Waals surface area contributed by atoms with Gasteiger partial charge in [0.25, 0.3) is 5.69 Å². The monoisotopic (exact) mass is 332 g/mol. The molecule has 2 aromatic rings. The number of benzene rings is 2. The Morgan fingerprint density at radius 3 is 2.61 bits per heavy atom. The number of aliphatic imine (C=N–C) groups is 1. The summed E-state index contributed by atoms with van der Waals surface area (Å²) in [5.41, 5.74) is 1.39. The lowest BCUT2D eigenvalue weighted by molar-refractivity contribution is -0.384. The van der Waals surface area contributed by atoms with Gasteiger partial charge in [-0.15, -0.1) is 0 Å². The molecule has 0 bridgehead atoms. The van der Waals surface area contributed by atoms with Gasteiger partial charge in [-0.25, -0.2) is 4.79 Å². The molecule has 23 heavy (non-hydrogen) atoms. The third-order valence-electron chi connectivity index (χ3n) is 2.92. The molecule has 0 radical (unpaired) electrons. The summed E-state index contributed by atoms with van der Waals surface area (Å²) in [5.74, 6) is -0.398. The molecule has 2 rings (SSSR count). The number of carbonyl (C=O) groups excluding carboxylic acids is 1. The van der Waals surface area contributed by atoms with Crippen LogP contribution >= 0.6 is 11.6 Å². The average molecular weight is 333 g/mol. The van der Waals surface area contributed by atoms with Crippen molar-refractivity contribution in [3.63, 3.8) is 0 Å². The Morgan fingerprint density at radius 1 is 1.30 bits per heavy atom. The lowest BCUT2D eigenvalue weighted by Crippen LogP contribution is -2.03. The Morgan fingerprint density at radius 2 is 2.00 bits per heavy atom. The van der Waals surface area contributed by atoms with Crippen molar-refractivity contribution in [1.82, 2.24) is 0 Å². The van der Waals surface area contributed by atoms with Crippen LogP contribution in [-0.4, -0.2) is 23.7 Å². The molecule has 0 saturated heterocycles. The Bertz CT molecular complexity index is 757. The average Bonchev–Trinajstić information content (AvgIpc) is 2.54. The Kier molecular flexibility index (Phi) is 5.43. The topological polar surface area (TPSA) is 81.8 Å². The minimum Gasteiger partial charge on any atom is -0.462 e. The van der Waals surface area contributed by atoms with Crippen LogP contribution < -0.4 is 0 Å². The van der Waals surface area contributed by atoms with E-state index in [0.717, 1.165) is 0 Å². The maximum Gasteiger partial charge on any atom is 0.338 e. The highest BCUT2D eigenvalue weighted by molar-refractivity contribution is 6.33. The van der Waals surface area contributed by atoms with E-state index in [2.05, 4.69) is 4.99 Å². The number of carbonyl (C=O) groups is 1. The van der Waals surface area contributed by atoms with Crippen LogP contribution in [0, 0.1) is 10.1 Å². The van der Waals surface area contributed by atoms with Gasteiger partial charge in [-0.3, -0.25) is 15.1 Å². The first-order valence-corrected chi connectivity index (χ1v) is 7.14. The van der Waals surface area contributed by atoms with Crippen molar-refractivity contribution in [2.75, 3.05) is 6.61 Å². The van der Waals surface area contributed by atoms with Gasteiger partial charge in [0, 0.05) is 28.9 Å². The molecule has 0 atom stereocenters. The number of halogens is 1. The molecule has 0 heterocycles. The molecule has 0 unspecified atom stereocenters. The summed E-state index contributed by atoms with van der Waals surface area (Å²) in [7, 11) is 0. The SMILES string of the molecule is CCOC(=O)c1ccc(N=Cc2cc([N+](=O)[O-])ccc2Cl)cc1. The third-order valence-corrected chi connectivity index (χ3v) is 3.27. The zero-order chi connectivity index (χ0) is 16.8. The number of nitro groups is 1. The molecule has 0 spiro atoms. The van der Waals surface area contributed by atoms with Crippen LogP contribution in [0.2, 0.25) is 5.02 Å². The molecule has 7 heteroatoms. The Labute approximate surface area is 137 Å². The minimum atomic E-state index is -0.498. The van der Waals surface area contributed by atoms with Gasteiger partial charge in [0.1, 0.15) is 0 Å². The van der Waals surface area contributed by atoms with Gasteiger partial charge in [0.15, 0.2) is 0 Å². The third kappa shape index (κ3) is 4.37. The van der Waals surface area contributed by atoms with Crippen molar-refractivity contribution < 1.29 is 14.5 Å². The second-order valence-electron chi connectivity index (χ2n) is 4.49. The normalized spacial score (nSPS) is 10.7. The van der Waals surface area contributed by atoms with E-state index in [1.54, 1.807) is 31.2 Å². The standard InChI is InChI=1S/C16H13ClN2O4/c1-2-23-16(20)11-3-5-13(6-4-11)18-10-12-9-14(19(21)22)7-8-15(12)17/h3-10H,2H2,1H3. The first-order valence-electron chi connectivity index (χ1n) is 6.76. The lowest BCUT2D eigenvalue weighted by Gasteiger charge is -2.02. The first kappa shape index (κ1) is 16.6. The highest BCUT2D eigenvalue weighted by Gasteiger charge is 2.08. The summed E-state index contributed by atoms with van der Waals surface area (Å²) in [5, 5.41) is 11.1. The van der Waals surface area contributed by atoms with E-state index in [1.807, 2.05) is 0 Å². The summed E-state index contributed by atoms with van der Waals surface area (Å²) in [6, 6.07) is 10.6. The van der Waals surface area contributed by atoms with Crippen molar-refractivity contribution >= 4 is 35.2 Å². The molecule has 0 N–H and O–H groups in total. The summed E-state index contributed by atoms with van der Waals surface area (Å²) in [6.45, 7) is 2.05. The fourth-order valence-corrected chi connectivity index (χ4v) is 1.95. The predicted octanol–water partition coefficient (Wildman–Crippen LogP) is 4.18. The van der Waals surface area contributed by atoms with E-state index in [9.17, 15) is 14.9 Å². The van der Waals surface area contributed by atoms with Crippen LogP contribution in [0.3, 0.4) is 0 Å². The van der Waals surface area contributed by atoms with Crippen molar-refractivity contribution in [2.45, 2.75) is 6.92 Å². The number of rotatable bonds is 5. The maximum absolute atomic E-state index is 11.5. The van der Waals surface area contributed by atoms with Crippen molar-refractivity contribution in [2.24, 2.45) is 4.99 Å². The van der Waals surface area contributed by atoms with Gasteiger partial charge < -0.3 is 4.74 Å². The number of esters is 1. The number of nitrogens with zero attached hydrogens (tertiary/aromatic N) is 2. The van der Waals surface area contributed by atoms with Crippen molar-refractivity contribution in [3.05, 3.63) is 68.7 Å². The lowest BCUT2D eigenvalue weighted by atomic mass is 10.2. The molecule has 0 aliphatic heterocycles. The fourth-order valence-electron chi connectivity index (χ4n) is 1.79. The van der Waals surface area contributed by atoms with Gasteiger partial charge in [-0.05, 0) is 37.3 Å². The maximum atomic E-state index is 11.5. The van der Waals surface area contributed by atoms with Gasteiger partial charge in [-0.1, -0.05) is 11.6 Å². The van der Waals surface area contributed by atoms with Gasteiger partial charge >= 0.3 is 5.97 Å². The summed E-state index contributed by atoms with van der Waals surface area (Å²) >= 11 is 5.99. The van der Waals surface area contributed by atoms with Gasteiger partial charge in [-0.2, -0.15) is 0 Å². The first-order chi connectivity index (χ1) is 11.0. The van der Waals surface area contributed by atoms with Gasteiger partial charge in [0.2, 0.25) is 0 Å². The van der Waals surface area contributed by atoms with Crippen LogP contribution in [-0.2, 0) is 4.74 Å². The smallest absolute Gasteiger partial charge is 0.338 e. The molecule has 0 aromatic heterocycles. The summed E-state index contributed by atoms with van der Waals surface area (Å²) in [4.78, 5) is 26.0. The van der Waals surface area contributed by atoms with E-state index in [1.165, 1.54) is 24.4 Å². The molecule has 0 fully saturated rings. The quantitative estimate of drug-likeness (QED) is 0.356. The van der Waals surface area contributed by atoms with E-state index >= 15 is 0 Å². The molecule has 0 aliphatic carbocycles. The van der Waals surface area contributed by atoms with E-state index in [0.29, 0.717) is 28.4 Å². The number of nitro benzene ring substituents is 1. The predicted molar refractivity (Wildman–Crippen MR) is 87.8 cm³/mol. The second-order valence-corrected chi connectivity index (χ2v) is 4.90. The molecule has 2 aromatic carbocycles. The fraction of sp³-hybridized carbons (Fsp3) is 0.125. The van der Waals surface area contributed by atoms with Crippen LogP contribution in [0.15, 0.2) is 47.5 Å². The zero-order valence-corrected chi connectivity index (χ0v) is 13.0. The number of hydrogen-bond acceptors (Lipinski definition) is 5. The molecular formula is C16H13ClN2O4. The highest BCUT2D eigenvalue weighted by Crippen LogP contribution is 2.22. The number of hydrogen-bond donors (Lipinski definition) is 0. The van der Waals surface area contributed by atoms with Crippen molar-refractivity contribution in [3.8, 4) is 0 Å². The van der Waals surface area contributed by atoms with Crippen molar-refractivity contribution in [1.29, 1.82) is 0 Å². The molecular weight excluding hydrogens is 320 g/mol.